The number of carboxylic acid groups (broad SMARTS) is 2. The van der Waals surface area contributed by atoms with Crippen molar-refractivity contribution >= 4 is 59.1 Å². The first-order chi connectivity index (χ1) is 56.1. The Hall–Kier alpha value is -10.9. The van der Waals surface area contributed by atoms with Gasteiger partial charge < -0.3 is 138 Å². The van der Waals surface area contributed by atoms with E-state index in [0.29, 0.717) is 16.8 Å². The molecule has 3 saturated heterocycles. The second kappa shape index (κ2) is 38.9. The summed E-state index contributed by atoms with van der Waals surface area (Å²) in [4.78, 5) is 120. The van der Waals surface area contributed by atoms with Gasteiger partial charge >= 0.3 is 24.1 Å². The normalized spacial score (nSPS) is 24.1. The molecule has 6 amide bonds. The van der Waals surface area contributed by atoms with Crippen molar-refractivity contribution in [2.45, 2.75) is 132 Å². The number of amides is 6. The molecule has 6 aliphatic rings. The summed E-state index contributed by atoms with van der Waals surface area (Å²) in [6.07, 6.45) is -23.3. The molecule has 1 saturated carbocycles. The number of aliphatic hydroxyl groups excluding tert-OH is 8. The van der Waals surface area contributed by atoms with Crippen molar-refractivity contribution in [2.24, 2.45) is 11.8 Å². The third-order valence-electron chi connectivity index (χ3n) is 20.2. The first-order valence-corrected chi connectivity index (χ1v) is 36.9. The van der Waals surface area contributed by atoms with E-state index >= 15 is 0 Å². The number of aliphatic carboxylic acids is 2. The number of carbonyl (C=O) groups is 8. The number of ether oxygens (including phenoxy) is 13. The lowest BCUT2D eigenvalue weighted by Gasteiger charge is -2.38. The monoisotopic (exact) mass is 1640 g/mol. The van der Waals surface area contributed by atoms with Gasteiger partial charge in [-0.2, -0.15) is 5.10 Å². The number of carboxylic acids is 2. The second-order valence-electron chi connectivity index (χ2n) is 28.0. The lowest BCUT2D eigenvalue weighted by molar-refractivity contribution is -0.271. The van der Waals surface area contributed by atoms with Crippen LogP contribution in [-0.4, -0.2) is 299 Å². The van der Waals surface area contributed by atoms with Crippen molar-refractivity contribution in [3.05, 3.63) is 136 Å². The average molecular weight is 1640 g/mol. The van der Waals surface area contributed by atoms with Crippen molar-refractivity contribution in [1.29, 1.82) is 0 Å². The van der Waals surface area contributed by atoms with Crippen LogP contribution in [0.25, 0.3) is 0 Å². The summed E-state index contributed by atoms with van der Waals surface area (Å²) in [5.41, 5.74) is 0.971. The van der Waals surface area contributed by atoms with Gasteiger partial charge in [-0.25, -0.2) is 30.1 Å². The summed E-state index contributed by atoms with van der Waals surface area (Å²) >= 11 is 0. The van der Waals surface area contributed by atoms with Gasteiger partial charge in [-0.3, -0.25) is 28.7 Å². The highest BCUT2D eigenvalue weighted by molar-refractivity contribution is 6.07. The van der Waals surface area contributed by atoms with E-state index in [0.717, 1.165) is 9.80 Å². The van der Waals surface area contributed by atoms with E-state index in [9.17, 15) is 89.4 Å². The SMILES string of the molecule is C=C1C[C@H]2C(O)N(C(=O)OCc3ccc(O[C@@H]4C[C@H](C(=O)O)[C@@H](O)[C@H](O)[C@H]4O)c(C(=O)NCCOC)c3)c3cc(OCc4cc(COc5cc6c(cc5OC)C(=O)N5CC(=C)C[C@H]5C(O)N6C(=O)OCc5ccc(O[C@@H]6O[C@H](C(=O)O)[C@@H](O)[C@H](O)[C@H]6O)c(C(=O)NCCOC)c5)n(CCOCCOCCON)n4)c(OC)cc3C(=O)N2C1. The Labute approximate surface area is 667 Å². The van der Waals surface area contributed by atoms with Gasteiger partial charge in [-0.05, 0) is 66.4 Å². The number of carbonyl (C=O) groups excluding carboxylic acids is 6. The summed E-state index contributed by atoms with van der Waals surface area (Å²) in [5.74, 6) is -2.97. The molecule has 11 rings (SSSR count). The smallest absolute Gasteiger partial charge is 0.416 e. The third kappa shape index (κ3) is 19.6. The van der Waals surface area contributed by atoms with Crippen LogP contribution in [0.1, 0.15) is 83.2 Å². The number of hydrogen-bond acceptors (Lipinski definition) is 32. The lowest BCUT2D eigenvalue weighted by Crippen LogP contribution is -2.61. The van der Waals surface area contributed by atoms with Gasteiger partial charge in [0.05, 0.1) is 130 Å². The zero-order valence-corrected chi connectivity index (χ0v) is 64.0. The van der Waals surface area contributed by atoms with E-state index in [2.05, 4.69) is 28.6 Å². The van der Waals surface area contributed by atoms with Gasteiger partial charge in [0, 0.05) is 59.0 Å². The van der Waals surface area contributed by atoms with E-state index in [-0.39, 0.29) is 190 Å². The number of aromatic nitrogens is 2. The van der Waals surface area contributed by atoms with Crippen molar-refractivity contribution in [1.82, 2.24) is 30.2 Å². The molecule has 41 heteroatoms. The Morgan fingerprint density at radius 1 is 0.547 bits per heavy atom. The van der Waals surface area contributed by atoms with Crippen LogP contribution < -0.4 is 54.8 Å². The molecule has 5 aromatic rings. The highest BCUT2D eigenvalue weighted by Crippen LogP contribution is 2.45. The summed E-state index contributed by atoms with van der Waals surface area (Å²) in [7, 11) is 5.42. The van der Waals surface area contributed by atoms with E-state index in [4.69, 9.17) is 72.6 Å². The molecule has 1 aromatic heterocycles. The Morgan fingerprint density at radius 2 is 1.04 bits per heavy atom. The molecule has 14 atom stereocenters. The number of rotatable bonds is 35. The summed E-state index contributed by atoms with van der Waals surface area (Å²) in [6.45, 7) is 7.14. The van der Waals surface area contributed by atoms with E-state index in [1.165, 1.54) is 104 Å². The fourth-order valence-corrected chi connectivity index (χ4v) is 14.2. The number of fused-ring (bicyclic) bond motifs is 4. The van der Waals surface area contributed by atoms with Crippen LogP contribution in [0.2, 0.25) is 0 Å². The highest BCUT2D eigenvalue weighted by Gasteiger charge is 2.52. The number of nitrogens with zero attached hydrogens (tertiary/aromatic N) is 6. The maximum absolute atomic E-state index is 14.8. The molecule has 4 aromatic carbocycles. The summed E-state index contributed by atoms with van der Waals surface area (Å²) in [5, 5.41) is 118. The van der Waals surface area contributed by atoms with Crippen LogP contribution in [0.15, 0.2) is 91.0 Å². The number of benzene rings is 4. The molecule has 634 valence electrons. The number of nitrogens with one attached hydrogen (secondary N) is 2. The first kappa shape index (κ1) is 87.0. The zero-order valence-electron chi connectivity index (χ0n) is 64.0. The molecule has 14 N–H and O–H groups in total. The lowest BCUT2D eigenvalue weighted by atomic mass is 9.80. The molecular weight excluding hydrogens is 1550 g/mol. The minimum absolute atomic E-state index is 0.00521. The van der Waals surface area contributed by atoms with Gasteiger partial charge in [-0.1, -0.05) is 36.4 Å². The second-order valence-corrected chi connectivity index (χ2v) is 28.0. The van der Waals surface area contributed by atoms with E-state index in [1.807, 2.05) is 0 Å². The molecule has 0 radical (unpaired) electrons. The number of nitrogens with two attached hydrogens (primary N) is 1. The number of methoxy groups -OCH3 is 4. The highest BCUT2D eigenvalue weighted by atomic mass is 16.7. The standard InChI is InChI=1S/C76H93N9O32/c1-37-21-50-70(96)84(75(102)112-33-39-7-9-52(45(23-39)66(92)78-11-14-104-3)115-58-28-47(72(98)99)59(86)61(88)60(58)87)48-29-56(54(106-5)26-43(48)68(94)81(50)31-37)110-35-41-25-42(83(80-41)13-16-108-17-18-109-19-20-114-77)36-111-57-30-49-44(27-55(57)107-6)69(95)82-32-38(2)22-51(82)71(97)85(49)76(103)113-34-40-8-10-53(46(24-40)67(93)79-12-15-105-4)116-74-64(91)62(89)63(90)65(117-74)73(100)101/h7-10,23-27,29-30,47,50-51,58-65,70-71,74,86-91,96-97H,1-2,11-22,28,31-36,77H2,3-6H3,(H,78,92)(H,79,93)(H,98,99)(H,100,101)/t47-,50-,51-,58+,59+,60-,61-,62-,63-,64+,65-,70?,71?,74+/m0/s1. The molecule has 41 nitrogen and oxygen atoms in total. The molecule has 1 aliphatic carbocycles. The zero-order chi connectivity index (χ0) is 84.2. The fourth-order valence-electron chi connectivity index (χ4n) is 14.2. The van der Waals surface area contributed by atoms with Gasteiger partial charge in [0.15, 0.2) is 41.6 Å². The quantitative estimate of drug-likeness (QED) is 0.0137. The largest absolute Gasteiger partial charge is 0.493 e. The van der Waals surface area contributed by atoms with Gasteiger partial charge in [-0.15, -0.1) is 0 Å². The van der Waals surface area contributed by atoms with Crippen molar-refractivity contribution in [3.63, 3.8) is 0 Å². The molecule has 5 aliphatic heterocycles. The van der Waals surface area contributed by atoms with Crippen LogP contribution in [0.4, 0.5) is 21.0 Å². The molecule has 2 unspecified atom stereocenters. The van der Waals surface area contributed by atoms with Crippen molar-refractivity contribution < 1.29 is 156 Å². The molecular formula is C76H93N9O32. The maximum Gasteiger partial charge on any atom is 0.416 e. The Kier molecular flexibility index (Phi) is 28.9. The van der Waals surface area contributed by atoms with Gasteiger partial charge in [0.25, 0.3) is 23.6 Å². The average Bonchev–Trinajstić information content (AvgIpc) is 1.61. The third-order valence-corrected chi connectivity index (χ3v) is 20.2. The minimum atomic E-state index is -2.05. The molecule has 0 bridgehead atoms. The molecule has 4 fully saturated rings. The first-order valence-electron chi connectivity index (χ1n) is 36.9. The topological polar surface area (TPSA) is 549 Å². The molecule has 0 spiro atoms. The predicted molar refractivity (Wildman–Crippen MR) is 398 cm³/mol. The summed E-state index contributed by atoms with van der Waals surface area (Å²) in [6, 6.07) is 12.6. The Balaban J connectivity index is 0.864. The van der Waals surface area contributed by atoms with Crippen molar-refractivity contribution in [3.8, 4) is 34.5 Å². The number of anilines is 2. The van der Waals surface area contributed by atoms with Crippen molar-refractivity contribution in [2.75, 3.05) is 111 Å². The summed E-state index contributed by atoms with van der Waals surface area (Å²) < 4.78 is 76.5. The van der Waals surface area contributed by atoms with Crippen LogP contribution in [0, 0.1) is 5.92 Å². The van der Waals surface area contributed by atoms with Gasteiger partial charge in [0.2, 0.25) is 6.29 Å². The van der Waals surface area contributed by atoms with Crippen LogP contribution in [-0.2, 0) is 80.6 Å². The van der Waals surface area contributed by atoms with Crippen LogP contribution in [0.3, 0.4) is 0 Å². The number of hydrogen-bond donors (Lipinski definition) is 13. The minimum Gasteiger partial charge on any atom is -0.493 e. The van der Waals surface area contributed by atoms with E-state index < -0.39 is 153 Å². The van der Waals surface area contributed by atoms with Gasteiger partial charge in [0.1, 0.15) is 80.2 Å². The number of aliphatic hydroxyl groups is 8. The molecule has 6 heterocycles. The Bertz CT molecular complexity index is 4490. The predicted octanol–water partition coefficient (Wildman–Crippen LogP) is -0.568. The van der Waals surface area contributed by atoms with Crippen LogP contribution >= 0.6 is 0 Å². The fraction of sp³-hybridized carbons (Fsp3) is 0.487. The molecule has 117 heavy (non-hydrogen) atoms. The van der Waals surface area contributed by atoms with Crippen LogP contribution in [0.5, 0.6) is 34.5 Å². The maximum atomic E-state index is 14.8. The Morgan fingerprint density at radius 3 is 1.54 bits per heavy atom. The van der Waals surface area contributed by atoms with E-state index in [1.54, 1.807) is 6.07 Å².